The van der Waals surface area contributed by atoms with E-state index in [1.807, 2.05) is 13.8 Å². The highest BCUT2D eigenvalue weighted by Crippen LogP contribution is 2.28. The van der Waals surface area contributed by atoms with Crippen LogP contribution in [0.3, 0.4) is 0 Å². The van der Waals surface area contributed by atoms with E-state index in [1.54, 1.807) is 11.8 Å². The van der Waals surface area contributed by atoms with Crippen LogP contribution in [0.4, 0.5) is 0 Å². The van der Waals surface area contributed by atoms with Crippen LogP contribution in [-0.2, 0) is 4.87 Å². The van der Waals surface area contributed by atoms with Gasteiger partial charge in [-0.3, -0.25) is 0 Å². The molecule has 0 aliphatic rings. The highest BCUT2D eigenvalue weighted by molar-refractivity contribution is 7.98. The summed E-state index contributed by atoms with van der Waals surface area (Å²) in [5, 5.41) is 0. The predicted molar refractivity (Wildman–Crippen MR) is 57.1 cm³/mol. The lowest BCUT2D eigenvalue weighted by Gasteiger charge is -2.16. The Labute approximate surface area is 83.3 Å². The van der Waals surface area contributed by atoms with Crippen LogP contribution >= 0.6 is 23.4 Å². The minimum Gasteiger partial charge on any atom is -0.130 e. The van der Waals surface area contributed by atoms with E-state index in [0.29, 0.717) is 0 Å². The third kappa shape index (κ3) is 2.43. The van der Waals surface area contributed by atoms with E-state index in [0.717, 1.165) is 0 Å². The van der Waals surface area contributed by atoms with Crippen LogP contribution in [0.15, 0.2) is 29.2 Å². The number of thioether (sulfide) groups is 1. The predicted octanol–water partition coefficient (Wildman–Crippen LogP) is 3.88. The van der Waals surface area contributed by atoms with Crippen LogP contribution in [0, 0.1) is 0 Å². The minimum atomic E-state index is -0.253. The second-order valence-corrected chi connectivity index (χ2v) is 5.03. The van der Waals surface area contributed by atoms with Gasteiger partial charge in [-0.1, -0.05) is 12.1 Å². The number of rotatable bonds is 2. The molecule has 1 rings (SSSR count). The van der Waals surface area contributed by atoms with E-state index >= 15 is 0 Å². The largest absolute Gasteiger partial charge is 0.130 e. The van der Waals surface area contributed by atoms with E-state index in [2.05, 4.69) is 30.5 Å². The molecular weight excluding hydrogens is 188 g/mol. The maximum atomic E-state index is 6.15. The molecule has 66 valence electrons. The summed E-state index contributed by atoms with van der Waals surface area (Å²) in [4.78, 5) is 1.02. The monoisotopic (exact) mass is 200 g/mol. The Kier molecular flexibility index (Phi) is 3.08. The SMILES string of the molecule is CSc1ccc(C(C)(C)Cl)cc1. The van der Waals surface area contributed by atoms with Crippen LogP contribution in [0.25, 0.3) is 0 Å². The highest BCUT2D eigenvalue weighted by atomic mass is 35.5. The fourth-order valence-electron chi connectivity index (χ4n) is 0.987. The smallest absolute Gasteiger partial charge is 0.0638 e. The molecule has 0 radical (unpaired) electrons. The maximum absolute atomic E-state index is 6.15. The number of benzene rings is 1. The molecule has 0 unspecified atom stereocenters. The van der Waals surface area contributed by atoms with Crippen LogP contribution in [-0.4, -0.2) is 6.26 Å². The summed E-state index contributed by atoms with van der Waals surface area (Å²) in [5.41, 5.74) is 1.17. The van der Waals surface area contributed by atoms with E-state index in [4.69, 9.17) is 11.6 Å². The van der Waals surface area contributed by atoms with Gasteiger partial charge in [0, 0.05) is 4.90 Å². The van der Waals surface area contributed by atoms with Crippen molar-refractivity contribution in [3.63, 3.8) is 0 Å². The number of alkyl halides is 1. The van der Waals surface area contributed by atoms with Crippen molar-refractivity contribution in [1.29, 1.82) is 0 Å². The normalized spacial score (nSPS) is 11.7. The quantitative estimate of drug-likeness (QED) is 0.516. The van der Waals surface area contributed by atoms with E-state index < -0.39 is 0 Å². The molecule has 0 aliphatic carbocycles. The fraction of sp³-hybridized carbons (Fsp3) is 0.400. The molecule has 0 aliphatic heterocycles. The molecule has 0 heterocycles. The van der Waals surface area contributed by atoms with Crippen molar-refractivity contribution in [1.82, 2.24) is 0 Å². The molecule has 12 heavy (non-hydrogen) atoms. The summed E-state index contributed by atoms with van der Waals surface area (Å²) in [6.45, 7) is 4.01. The first-order valence-corrected chi connectivity index (χ1v) is 5.48. The summed E-state index contributed by atoms with van der Waals surface area (Å²) in [7, 11) is 0. The topological polar surface area (TPSA) is 0 Å². The zero-order valence-corrected chi connectivity index (χ0v) is 9.17. The van der Waals surface area contributed by atoms with Gasteiger partial charge in [-0.05, 0) is 37.8 Å². The summed E-state index contributed by atoms with van der Waals surface area (Å²) in [6.07, 6.45) is 2.07. The molecule has 0 bridgehead atoms. The minimum absolute atomic E-state index is 0.253. The molecule has 1 aromatic rings. The zero-order chi connectivity index (χ0) is 9.19. The first-order valence-electron chi connectivity index (χ1n) is 3.87. The van der Waals surface area contributed by atoms with Gasteiger partial charge in [0.2, 0.25) is 0 Å². The van der Waals surface area contributed by atoms with Crippen molar-refractivity contribution < 1.29 is 0 Å². The van der Waals surface area contributed by atoms with Crippen molar-refractivity contribution in [3.8, 4) is 0 Å². The van der Waals surface area contributed by atoms with Crippen molar-refractivity contribution in [3.05, 3.63) is 29.8 Å². The Morgan fingerprint density at radius 3 is 2.00 bits per heavy atom. The molecule has 0 N–H and O–H groups in total. The molecule has 0 saturated heterocycles. The Morgan fingerprint density at radius 1 is 1.17 bits per heavy atom. The Hall–Kier alpha value is -0.140. The molecule has 0 atom stereocenters. The van der Waals surface area contributed by atoms with Gasteiger partial charge in [-0.25, -0.2) is 0 Å². The summed E-state index contributed by atoms with van der Waals surface area (Å²) in [6, 6.07) is 8.37. The molecule has 0 spiro atoms. The van der Waals surface area contributed by atoms with Gasteiger partial charge in [-0.2, -0.15) is 0 Å². The molecule has 0 amide bonds. The Balaban J connectivity index is 2.93. The lowest BCUT2D eigenvalue weighted by molar-refractivity contribution is 0.765. The second-order valence-electron chi connectivity index (χ2n) is 3.20. The first-order chi connectivity index (χ1) is 5.54. The average molecular weight is 201 g/mol. The first kappa shape index (κ1) is 9.94. The Bertz CT molecular complexity index is 246. The summed E-state index contributed by atoms with van der Waals surface area (Å²) >= 11 is 7.89. The lowest BCUT2D eigenvalue weighted by atomic mass is 10.0. The molecule has 2 heteroatoms. The molecule has 0 fully saturated rings. The average Bonchev–Trinajstić information content (AvgIpc) is 2.03. The van der Waals surface area contributed by atoms with Crippen molar-refractivity contribution in [2.45, 2.75) is 23.6 Å². The fourth-order valence-corrected chi connectivity index (χ4v) is 1.52. The molecule has 0 saturated carbocycles. The van der Waals surface area contributed by atoms with Crippen molar-refractivity contribution in [2.75, 3.05) is 6.26 Å². The zero-order valence-electron chi connectivity index (χ0n) is 7.60. The molecule has 0 nitrogen and oxygen atoms in total. The van der Waals surface area contributed by atoms with Crippen LogP contribution in [0.2, 0.25) is 0 Å². The number of halogens is 1. The number of hydrogen-bond acceptors (Lipinski definition) is 1. The summed E-state index contributed by atoms with van der Waals surface area (Å²) in [5.74, 6) is 0. The molecule has 0 aromatic heterocycles. The standard InChI is InChI=1S/C10H13ClS/c1-10(2,11)8-4-6-9(12-3)7-5-8/h4-7H,1-3H3. The van der Waals surface area contributed by atoms with Gasteiger partial charge >= 0.3 is 0 Å². The van der Waals surface area contributed by atoms with Crippen LogP contribution in [0.5, 0.6) is 0 Å². The van der Waals surface area contributed by atoms with Gasteiger partial charge in [-0.15, -0.1) is 23.4 Å². The number of hydrogen-bond donors (Lipinski definition) is 0. The highest BCUT2D eigenvalue weighted by Gasteiger charge is 2.15. The molecule has 1 aromatic carbocycles. The van der Waals surface area contributed by atoms with E-state index in [1.165, 1.54) is 10.5 Å². The van der Waals surface area contributed by atoms with E-state index in [9.17, 15) is 0 Å². The Morgan fingerprint density at radius 2 is 1.67 bits per heavy atom. The maximum Gasteiger partial charge on any atom is 0.0638 e. The van der Waals surface area contributed by atoms with E-state index in [-0.39, 0.29) is 4.87 Å². The molecular formula is C10H13ClS. The second kappa shape index (κ2) is 3.71. The van der Waals surface area contributed by atoms with Crippen LogP contribution < -0.4 is 0 Å². The van der Waals surface area contributed by atoms with Gasteiger partial charge < -0.3 is 0 Å². The summed E-state index contributed by atoms with van der Waals surface area (Å²) < 4.78 is 0. The van der Waals surface area contributed by atoms with Crippen molar-refractivity contribution in [2.24, 2.45) is 0 Å². The van der Waals surface area contributed by atoms with Crippen molar-refractivity contribution >= 4 is 23.4 Å². The third-order valence-electron chi connectivity index (χ3n) is 1.78. The third-order valence-corrected chi connectivity index (χ3v) is 2.74. The van der Waals surface area contributed by atoms with Gasteiger partial charge in [0.1, 0.15) is 0 Å². The van der Waals surface area contributed by atoms with Gasteiger partial charge in [0.15, 0.2) is 0 Å². The lowest BCUT2D eigenvalue weighted by Crippen LogP contribution is -2.06. The van der Waals surface area contributed by atoms with Gasteiger partial charge in [0.25, 0.3) is 0 Å². The van der Waals surface area contributed by atoms with Gasteiger partial charge in [0.05, 0.1) is 4.87 Å². The van der Waals surface area contributed by atoms with Crippen LogP contribution in [0.1, 0.15) is 19.4 Å².